The fourth-order valence-corrected chi connectivity index (χ4v) is 4.38. The second-order valence-corrected chi connectivity index (χ2v) is 8.25. The van der Waals surface area contributed by atoms with Crippen LogP contribution in [0.5, 0.6) is 5.75 Å². The van der Waals surface area contributed by atoms with E-state index in [1.807, 2.05) is 67.7 Å². The molecule has 6 nitrogen and oxygen atoms in total. The summed E-state index contributed by atoms with van der Waals surface area (Å²) in [5.74, 6) is 0.814. The van der Waals surface area contributed by atoms with Gasteiger partial charge in [-0.05, 0) is 43.3 Å². The Morgan fingerprint density at radius 2 is 1.94 bits per heavy atom. The molecule has 0 saturated carbocycles. The summed E-state index contributed by atoms with van der Waals surface area (Å²) < 4.78 is 6.25. The molecule has 4 aromatic rings. The van der Waals surface area contributed by atoms with Crippen LogP contribution in [0.15, 0.2) is 79.1 Å². The molecule has 2 aromatic carbocycles. The molecule has 6 heteroatoms. The summed E-state index contributed by atoms with van der Waals surface area (Å²) in [6, 6.07) is 21.5. The topological polar surface area (TPSA) is 58.6 Å². The molecule has 0 aliphatic carbocycles. The van der Waals surface area contributed by atoms with E-state index in [0.717, 1.165) is 46.7 Å². The number of ether oxygens (including phenoxy) is 1. The summed E-state index contributed by atoms with van der Waals surface area (Å²) in [5.41, 5.74) is 4.14. The van der Waals surface area contributed by atoms with Crippen molar-refractivity contribution in [2.24, 2.45) is 0 Å². The van der Waals surface area contributed by atoms with E-state index in [1.165, 1.54) is 0 Å². The number of anilines is 1. The van der Waals surface area contributed by atoms with Gasteiger partial charge in [0.15, 0.2) is 0 Å². The molecule has 1 amide bonds. The Morgan fingerprint density at radius 1 is 1.12 bits per heavy atom. The van der Waals surface area contributed by atoms with Crippen LogP contribution >= 0.6 is 0 Å². The second kappa shape index (κ2) is 8.90. The van der Waals surface area contributed by atoms with Gasteiger partial charge in [0.2, 0.25) is 0 Å². The Morgan fingerprint density at radius 3 is 2.76 bits per heavy atom. The highest BCUT2D eigenvalue weighted by Gasteiger charge is 2.27. The number of aromatic nitrogens is 2. The monoisotopic (exact) mass is 438 g/mol. The van der Waals surface area contributed by atoms with Gasteiger partial charge >= 0.3 is 0 Å². The zero-order valence-electron chi connectivity index (χ0n) is 18.8. The first kappa shape index (κ1) is 20.9. The maximum atomic E-state index is 13.6. The van der Waals surface area contributed by atoms with Crippen molar-refractivity contribution in [2.45, 2.75) is 13.0 Å². The first-order valence-corrected chi connectivity index (χ1v) is 11.2. The lowest BCUT2D eigenvalue weighted by atomic mass is 10.0. The van der Waals surface area contributed by atoms with Crippen LogP contribution in [0.3, 0.4) is 0 Å². The number of likely N-dealkylation sites (N-methyl/N-ethyl adjacent to an activating group) is 2. The summed E-state index contributed by atoms with van der Waals surface area (Å²) in [6.45, 7) is 4.25. The van der Waals surface area contributed by atoms with Crippen molar-refractivity contribution in [3.63, 3.8) is 0 Å². The first-order valence-electron chi connectivity index (χ1n) is 11.2. The third-order valence-corrected chi connectivity index (χ3v) is 6.03. The van der Waals surface area contributed by atoms with E-state index >= 15 is 0 Å². The third-order valence-electron chi connectivity index (χ3n) is 6.03. The van der Waals surface area contributed by atoms with Crippen LogP contribution in [0, 0.1) is 0 Å². The number of rotatable bonds is 5. The van der Waals surface area contributed by atoms with Crippen molar-refractivity contribution in [3.05, 3.63) is 84.7 Å². The van der Waals surface area contributed by atoms with E-state index in [4.69, 9.17) is 9.72 Å². The van der Waals surface area contributed by atoms with Gasteiger partial charge in [0, 0.05) is 36.9 Å². The first-order chi connectivity index (χ1) is 16.1. The summed E-state index contributed by atoms with van der Waals surface area (Å²) in [7, 11) is 1.83. The van der Waals surface area contributed by atoms with E-state index < -0.39 is 0 Å². The fourth-order valence-electron chi connectivity index (χ4n) is 4.38. The molecule has 0 saturated heterocycles. The van der Waals surface area contributed by atoms with Gasteiger partial charge in [-0.3, -0.25) is 9.78 Å². The fraction of sp³-hybridized carbons (Fsp3) is 0.222. The molecule has 1 aliphatic heterocycles. The number of benzene rings is 2. The van der Waals surface area contributed by atoms with Crippen molar-refractivity contribution in [1.29, 1.82) is 0 Å². The molecule has 0 unspecified atom stereocenters. The second-order valence-electron chi connectivity index (χ2n) is 8.25. The van der Waals surface area contributed by atoms with Gasteiger partial charge in [-0.1, -0.05) is 30.3 Å². The van der Waals surface area contributed by atoms with Crippen LogP contribution in [0.4, 0.5) is 5.69 Å². The molecule has 1 aliphatic rings. The van der Waals surface area contributed by atoms with E-state index in [9.17, 15) is 4.79 Å². The Hall–Kier alpha value is -3.93. The molecule has 166 valence electrons. The molecular weight excluding hydrogens is 412 g/mol. The maximum Gasteiger partial charge on any atom is 0.254 e. The predicted octanol–water partition coefficient (Wildman–Crippen LogP) is 4.66. The highest BCUT2D eigenvalue weighted by atomic mass is 16.5. The van der Waals surface area contributed by atoms with E-state index in [2.05, 4.69) is 22.9 Å². The zero-order valence-corrected chi connectivity index (χ0v) is 18.8. The number of fused-ring (bicyclic) bond motifs is 2. The van der Waals surface area contributed by atoms with Gasteiger partial charge in [0.25, 0.3) is 5.91 Å². The minimum atomic E-state index is -0.111. The SMILES string of the molecule is CCN1C[C@@H](CN(C)C(=O)c2cc(-c3cccnc3)nc3ccccc23)Oc2ccccc21. The Balaban J connectivity index is 1.44. The van der Waals surface area contributed by atoms with E-state index in [1.54, 1.807) is 17.3 Å². The lowest BCUT2D eigenvalue weighted by Crippen LogP contribution is -2.46. The van der Waals surface area contributed by atoms with Crippen molar-refractivity contribution >= 4 is 22.5 Å². The smallest absolute Gasteiger partial charge is 0.254 e. The normalized spacial score (nSPS) is 15.1. The van der Waals surface area contributed by atoms with Crippen molar-refractivity contribution in [1.82, 2.24) is 14.9 Å². The standard InChI is InChI=1S/C27H26N4O2/c1-3-31-18-20(33-26-13-7-6-12-25(26)31)17-30(2)27(32)22-15-24(19-9-8-14-28-16-19)29-23-11-5-4-10-21(22)23/h4-16,20H,3,17-18H2,1-2H3/t20-/m1/s1. The van der Waals surface area contributed by atoms with Crippen LogP contribution in [-0.2, 0) is 0 Å². The van der Waals surface area contributed by atoms with Crippen LogP contribution in [-0.4, -0.2) is 53.6 Å². The lowest BCUT2D eigenvalue weighted by molar-refractivity contribution is 0.0711. The van der Waals surface area contributed by atoms with Gasteiger partial charge < -0.3 is 14.5 Å². The molecule has 0 N–H and O–H groups in total. The minimum Gasteiger partial charge on any atom is -0.485 e. The molecule has 0 radical (unpaired) electrons. The Bertz CT molecular complexity index is 1290. The number of hydrogen-bond donors (Lipinski definition) is 0. The number of amides is 1. The Kier molecular flexibility index (Phi) is 5.65. The molecule has 0 bridgehead atoms. The molecule has 2 aromatic heterocycles. The van der Waals surface area contributed by atoms with Gasteiger partial charge in [0.1, 0.15) is 11.9 Å². The maximum absolute atomic E-state index is 13.6. The highest BCUT2D eigenvalue weighted by molar-refractivity contribution is 6.07. The van der Waals surface area contributed by atoms with Gasteiger partial charge in [-0.15, -0.1) is 0 Å². The number of pyridine rings is 2. The van der Waals surface area contributed by atoms with Crippen molar-refractivity contribution in [2.75, 3.05) is 31.6 Å². The van der Waals surface area contributed by atoms with Gasteiger partial charge in [-0.25, -0.2) is 4.98 Å². The molecule has 3 heterocycles. The zero-order chi connectivity index (χ0) is 22.8. The Labute approximate surface area is 193 Å². The molecule has 33 heavy (non-hydrogen) atoms. The number of hydrogen-bond acceptors (Lipinski definition) is 5. The van der Waals surface area contributed by atoms with E-state index in [-0.39, 0.29) is 12.0 Å². The number of nitrogens with zero attached hydrogens (tertiary/aromatic N) is 4. The average Bonchev–Trinajstić information content (AvgIpc) is 2.87. The number of carbonyl (C=O) groups is 1. The molecule has 1 atom stereocenters. The van der Waals surface area contributed by atoms with Gasteiger partial charge in [-0.2, -0.15) is 0 Å². The molecule has 5 rings (SSSR count). The van der Waals surface area contributed by atoms with Crippen LogP contribution in [0.25, 0.3) is 22.2 Å². The minimum absolute atomic E-state index is 0.0516. The third kappa shape index (κ3) is 4.12. The lowest BCUT2D eigenvalue weighted by Gasteiger charge is -2.37. The molecule has 0 fully saturated rings. The summed E-state index contributed by atoms with van der Waals surface area (Å²) in [5, 5.41) is 0.840. The predicted molar refractivity (Wildman–Crippen MR) is 131 cm³/mol. The van der Waals surface area contributed by atoms with Crippen molar-refractivity contribution in [3.8, 4) is 17.0 Å². The summed E-state index contributed by atoms with van der Waals surface area (Å²) in [6.07, 6.45) is 3.38. The number of carbonyl (C=O) groups excluding carboxylic acids is 1. The largest absolute Gasteiger partial charge is 0.485 e. The average molecular weight is 439 g/mol. The van der Waals surface area contributed by atoms with Crippen molar-refractivity contribution < 1.29 is 9.53 Å². The number of para-hydroxylation sites is 3. The highest BCUT2D eigenvalue weighted by Crippen LogP contribution is 2.33. The van der Waals surface area contributed by atoms with Crippen LogP contribution in [0.2, 0.25) is 0 Å². The van der Waals surface area contributed by atoms with Crippen LogP contribution in [0.1, 0.15) is 17.3 Å². The molecular formula is C27H26N4O2. The molecule has 0 spiro atoms. The van der Waals surface area contributed by atoms with E-state index in [0.29, 0.717) is 12.1 Å². The summed E-state index contributed by atoms with van der Waals surface area (Å²) in [4.78, 5) is 26.6. The summed E-state index contributed by atoms with van der Waals surface area (Å²) >= 11 is 0. The van der Waals surface area contributed by atoms with Gasteiger partial charge in [0.05, 0.1) is 35.6 Å². The van der Waals surface area contributed by atoms with Crippen LogP contribution < -0.4 is 9.64 Å². The quantitative estimate of drug-likeness (QED) is 0.454.